The fraction of sp³-hybridized carbons (Fsp3) is 0.250. The Labute approximate surface area is 142 Å². The van der Waals surface area contributed by atoms with E-state index in [0.29, 0.717) is 6.04 Å². The molecule has 7 heteroatoms. The van der Waals surface area contributed by atoms with Crippen molar-refractivity contribution in [3.8, 4) is 11.4 Å². The summed E-state index contributed by atoms with van der Waals surface area (Å²) in [5.41, 5.74) is 2.08. The van der Waals surface area contributed by atoms with Crippen molar-refractivity contribution in [3.05, 3.63) is 59.1 Å². The maximum atomic E-state index is 4.67. The van der Waals surface area contributed by atoms with Gasteiger partial charge in [-0.1, -0.05) is 30.3 Å². The zero-order valence-corrected chi connectivity index (χ0v) is 14.0. The molecule has 0 saturated carbocycles. The highest BCUT2D eigenvalue weighted by Crippen LogP contribution is 2.22. The topological polar surface area (TPSA) is 59.7 Å². The number of rotatable bonds is 4. The summed E-state index contributed by atoms with van der Waals surface area (Å²) < 4.78 is 0.777. The van der Waals surface area contributed by atoms with Crippen LogP contribution in [-0.4, -0.2) is 43.0 Å². The molecule has 0 atom stereocenters. The Bertz CT molecular complexity index is 797. The lowest BCUT2D eigenvalue weighted by Gasteiger charge is -2.37. The molecule has 0 aliphatic carbocycles. The Hall–Kier alpha value is -2.12. The summed E-state index contributed by atoms with van der Waals surface area (Å²) in [6.45, 7) is 2.69. The lowest BCUT2D eigenvalue weighted by atomic mass is 10.1. The van der Waals surface area contributed by atoms with Gasteiger partial charge in [0.2, 0.25) is 0 Å². The summed E-state index contributed by atoms with van der Waals surface area (Å²) in [6.07, 6.45) is 3.55. The van der Waals surface area contributed by atoms with Crippen molar-refractivity contribution in [1.29, 1.82) is 0 Å². The fourth-order valence-corrected chi connectivity index (χ4v) is 2.94. The molecule has 0 N–H and O–H groups in total. The maximum Gasteiger partial charge on any atom is 0.159 e. The molecule has 3 aromatic rings. The molecule has 2 aromatic heterocycles. The highest BCUT2D eigenvalue weighted by molar-refractivity contribution is 9.10. The van der Waals surface area contributed by atoms with E-state index in [-0.39, 0.29) is 0 Å². The lowest BCUT2D eigenvalue weighted by Crippen LogP contribution is -2.47. The van der Waals surface area contributed by atoms with E-state index >= 15 is 0 Å². The minimum atomic E-state index is 0.344. The molecule has 0 unspecified atom stereocenters. The van der Waals surface area contributed by atoms with Crippen LogP contribution in [0.4, 0.5) is 0 Å². The predicted octanol–water partition coefficient (Wildman–Crippen LogP) is 2.55. The van der Waals surface area contributed by atoms with Gasteiger partial charge in [-0.15, -0.1) is 5.10 Å². The van der Waals surface area contributed by atoms with Gasteiger partial charge in [0.05, 0.1) is 17.9 Å². The zero-order chi connectivity index (χ0) is 15.6. The summed E-state index contributed by atoms with van der Waals surface area (Å²) in [4.78, 5) is 13.1. The van der Waals surface area contributed by atoms with Crippen molar-refractivity contribution < 1.29 is 0 Å². The van der Waals surface area contributed by atoms with E-state index in [4.69, 9.17) is 0 Å². The Kier molecular flexibility index (Phi) is 3.88. The third-order valence-corrected chi connectivity index (χ3v) is 4.24. The van der Waals surface area contributed by atoms with Crippen LogP contribution in [0.3, 0.4) is 0 Å². The molecule has 0 radical (unpaired) electrons. The quantitative estimate of drug-likeness (QED) is 0.706. The van der Waals surface area contributed by atoms with Crippen LogP contribution in [0.25, 0.3) is 11.4 Å². The minimum absolute atomic E-state index is 0.344. The average molecular weight is 371 g/mol. The van der Waals surface area contributed by atoms with Gasteiger partial charge in [0.1, 0.15) is 4.60 Å². The van der Waals surface area contributed by atoms with Crippen LogP contribution in [-0.2, 0) is 6.54 Å². The molecule has 3 heterocycles. The maximum absolute atomic E-state index is 4.67. The Morgan fingerprint density at radius 3 is 2.70 bits per heavy atom. The number of hydrogen-bond donors (Lipinski definition) is 0. The number of halogens is 1. The van der Waals surface area contributed by atoms with Gasteiger partial charge in [-0.2, -0.15) is 9.90 Å². The van der Waals surface area contributed by atoms with Gasteiger partial charge in [0.15, 0.2) is 5.82 Å². The molecule has 6 nitrogen and oxygen atoms in total. The molecule has 0 bridgehead atoms. The van der Waals surface area contributed by atoms with E-state index in [0.717, 1.165) is 41.3 Å². The molecule has 4 rings (SSSR count). The average Bonchev–Trinajstić information content (AvgIpc) is 2.97. The number of benzene rings is 1. The van der Waals surface area contributed by atoms with Crippen LogP contribution in [0.1, 0.15) is 11.7 Å². The van der Waals surface area contributed by atoms with E-state index in [9.17, 15) is 0 Å². The molecular weight excluding hydrogens is 356 g/mol. The van der Waals surface area contributed by atoms with Crippen molar-refractivity contribution >= 4 is 15.9 Å². The summed E-state index contributed by atoms with van der Waals surface area (Å²) in [7, 11) is 0. The number of hydrogen-bond acceptors (Lipinski definition) is 5. The standard InChI is InChI=1S/C16H15BrN6/c17-15-8-19-23(21-15)14-10-22(11-14)9-13-6-7-18-16(20-13)12-4-2-1-3-5-12/h1-8,14H,9-11H2. The molecule has 0 amide bonds. The van der Waals surface area contributed by atoms with E-state index in [1.807, 2.05) is 42.6 Å². The van der Waals surface area contributed by atoms with Crippen molar-refractivity contribution in [2.45, 2.75) is 12.6 Å². The summed E-state index contributed by atoms with van der Waals surface area (Å²) in [6, 6.07) is 12.4. The molecule has 1 saturated heterocycles. The highest BCUT2D eigenvalue weighted by Gasteiger charge is 2.29. The summed E-state index contributed by atoms with van der Waals surface area (Å²) in [5.74, 6) is 0.776. The molecule has 23 heavy (non-hydrogen) atoms. The van der Waals surface area contributed by atoms with Gasteiger partial charge in [0.25, 0.3) is 0 Å². The van der Waals surface area contributed by atoms with Gasteiger partial charge in [0, 0.05) is 31.4 Å². The van der Waals surface area contributed by atoms with Crippen LogP contribution in [0.5, 0.6) is 0 Å². The predicted molar refractivity (Wildman–Crippen MR) is 89.5 cm³/mol. The fourth-order valence-electron chi connectivity index (χ4n) is 2.69. The van der Waals surface area contributed by atoms with Crippen molar-refractivity contribution in [1.82, 2.24) is 29.9 Å². The third-order valence-electron chi connectivity index (χ3n) is 3.88. The monoisotopic (exact) mass is 370 g/mol. The lowest BCUT2D eigenvalue weighted by molar-refractivity contribution is 0.0800. The molecule has 1 aromatic carbocycles. The van der Waals surface area contributed by atoms with Gasteiger partial charge < -0.3 is 0 Å². The first kappa shape index (κ1) is 14.5. The number of nitrogens with zero attached hydrogens (tertiary/aromatic N) is 6. The Morgan fingerprint density at radius 1 is 1.13 bits per heavy atom. The van der Waals surface area contributed by atoms with Gasteiger partial charge in [-0.3, -0.25) is 4.90 Å². The second-order valence-corrected chi connectivity index (χ2v) is 6.39. The number of likely N-dealkylation sites (tertiary alicyclic amines) is 1. The Balaban J connectivity index is 1.41. The molecule has 1 aliphatic rings. The first-order chi connectivity index (χ1) is 11.3. The third kappa shape index (κ3) is 3.16. The zero-order valence-electron chi connectivity index (χ0n) is 12.4. The Morgan fingerprint density at radius 2 is 1.96 bits per heavy atom. The minimum Gasteiger partial charge on any atom is -0.293 e. The second-order valence-electron chi connectivity index (χ2n) is 5.57. The summed E-state index contributed by atoms with van der Waals surface area (Å²) in [5, 5.41) is 8.54. The van der Waals surface area contributed by atoms with Crippen LogP contribution >= 0.6 is 15.9 Å². The van der Waals surface area contributed by atoms with Crippen LogP contribution in [0.15, 0.2) is 53.4 Å². The van der Waals surface area contributed by atoms with Gasteiger partial charge >= 0.3 is 0 Å². The first-order valence-corrected chi connectivity index (χ1v) is 8.24. The molecule has 0 spiro atoms. The second kappa shape index (κ2) is 6.17. The summed E-state index contributed by atoms with van der Waals surface area (Å²) >= 11 is 3.33. The molecule has 1 fully saturated rings. The molecule has 116 valence electrons. The van der Waals surface area contributed by atoms with Crippen molar-refractivity contribution in [3.63, 3.8) is 0 Å². The number of aromatic nitrogens is 5. The van der Waals surface area contributed by atoms with E-state index in [2.05, 4.69) is 41.0 Å². The van der Waals surface area contributed by atoms with Crippen molar-refractivity contribution in [2.75, 3.05) is 13.1 Å². The van der Waals surface area contributed by atoms with Crippen molar-refractivity contribution in [2.24, 2.45) is 0 Å². The van der Waals surface area contributed by atoms with Gasteiger partial charge in [-0.05, 0) is 22.0 Å². The smallest absolute Gasteiger partial charge is 0.159 e. The van der Waals surface area contributed by atoms with Crippen LogP contribution < -0.4 is 0 Å². The normalized spacial score (nSPS) is 15.5. The van der Waals surface area contributed by atoms with Crippen LogP contribution in [0.2, 0.25) is 0 Å². The van der Waals surface area contributed by atoms with E-state index in [1.54, 1.807) is 11.0 Å². The first-order valence-electron chi connectivity index (χ1n) is 7.45. The van der Waals surface area contributed by atoms with E-state index < -0.39 is 0 Å². The van der Waals surface area contributed by atoms with E-state index in [1.165, 1.54) is 0 Å². The largest absolute Gasteiger partial charge is 0.293 e. The SMILES string of the molecule is Brc1cnn(C2CN(Cc3ccnc(-c4ccccc4)n3)C2)n1. The van der Waals surface area contributed by atoms with Gasteiger partial charge in [-0.25, -0.2) is 9.97 Å². The molecular formula is C16H15BrN6. The van der Waals surface area contributed by atoms with Crippen LogP contribution in [0, 0.1) is 0 Å². The highest BCUT2D eigenvalue weighted by atomic mass is 79.9. The molecule has 1 aliphatic heterocycles.